The Kier molecular flexibility index (Phi) is 8.15. The van der Waals surface area contributed by atoms with Gasteiger partial charge in [-0.15, -0.1) is 24.8 Å². The van der Waals surface area contributed by atoms with Crippen molar-refractivity contribution in [2.75, 3.05) is 26.2 Å². The predicted octanol–water partition coefficient (Wildman–Crippen LogP) is 3.29. The van der Waals surface area contributed by atoms with Crippen LogP contribution in [0.5, 0.6) is 0 Å². The summed E-state index contributed by atoms with van der Waals surface area (Å²) in [7, 11) is 0. The van der Waals surface area contributed by atoms with E-state index < -0.39 is 0 Å². The summed E-state index contributed by atoms with van der Waals surface area (Å²) >= 11 is 5.79. The lowest BCUT2D eigenvalue weighted by Crippen LogP contribution is -2.44. The molecule has 2 nitrogen and oxygen atoms in total. The van der Waals surface area contributed by atoms with Crippen molar-refractivity contribution in [2.24, 2.45) is 0 Å². The van der Waals surface area contributed by atoms with Crippen LogP contribution in [0.15, 0.2) is 18.2 Å². The minimum Gasteiger partial charge on any atom is -0.314 e. The van der Waals surface area contributed by atoms with E-state index in [0.717, 1.165) is 31.7 Å². The van der Waals surface area contributed by atoms with Gasteiger partial charge in [-0.3, -0.25) is 4.90 Å². The molecule has 104 valence electrons. The molecule has 0 unspecified atom stereocenters. The van der Waals surface area contributed by atoms with Gasteiger partial charge in [-0.2, -0.15) is 0 Å². The molecule has 0 spiro atoms. The van der Waals surface area contributed by atoms with Gasteiger partial charge in [0.1, 0.15) is 5.82 Å². The lowest BCUT2D eigenvalue weighted by molar-refractivity contribution is 0.185. The first kappa shape index (κ1) is 17.9. The van der Waals surface area contributed by atoms with Gasteiger partial charge in [0.05, 0.1) is 5.02 Å². The molecule has 0 saturated carbocycles. The topological polar surface area (TPSA) is 15.3 Å². The van der Waals surface area contributed by atoms with E-state index in [4.69, 9.17) is 11.6 Å². The summed E-state index contributed by atoms with van der Waals surface area (Å²) in [6.45, 7) is 6.21. The number of halogens is 4. The Morgan fingerprint density at radius 3 is 2.44 bits per heavy atom. The van der Waals surface area contributed by atoms with E-state index in [9.17, 15) is 4.39 Å². The molecule has 0 radical (unpaired) electrons. The van der Waals surface area contributed by atoms with Crippen LogP contribution in [0, 0.1) is 5.82 Å². The van der Waals surface area contributed by atoms with Crippen molar-refractivity contribution in [3.8, 4) is 0 Å². The highest BCUT2D eigenvalue weighted by molar-refractivity contribution is 6.30. The van der Waals surface area contributed by atoms with E-state index in [0.29, 0.717) is 6.04 Å². The lowest BCUT2D eigenvalue weighted by atomic mass is 10.1. The molecule has 0 aromatic heterocycles. The van der Waals surface area contributed by atoms with Gasteiger partial charge in [-0.05, 0) is 24.6 Å². The Morgan fingerprint density at radius 2 is 1.89 bits per heavy atom. The van der Waals surface area contributed by atoms with E-state index in [1.54, 1.807) is 6.07 Å². The monoisotopic (exact) mass is 314 g/mol. The molecule has 1 aromatic carbocycles. The van der Waals surface area contributed by atoms with Gasteiger partial charge in [0.25, 0.3) is 0 Å². The second-order valence-electron chi connectivity index (χ2n) is 4.14. The van der Waals surface area contributed by atoms with Crippen molar-refractivity contribution >= 4 is 36.4 Å². The minimum absolute atomic E-state index is 0. The largest absolute Gasteiger partial charge is 0.314 e. The summed E-state index contributed by atoms with van der Waals surface area (Å²) in [6, 6.07) is 5.27. The van der Waals surface area contributed by atoms with Crippen LogP contribution in [0.4, 0.5) is 4.39 Å². The fourth-order valence-electron chi connectivity index (χ4n) is 2.05. The molecule has 1 saturated heterocycles. The standard InChI is InChI=1S/C12H16ClFN2.2ClH/c1-9(16-6-4-15-5-7-16)10-2-3-12(14)11(13)8-10;;/h2-3,8-9,15H,4-7H2,1H3;2*1H/t9-;;/m0../s1. The van der Waals surface area contributed by atoms with Crippen molar-refractivity contribution in [3.05, 3.63) is 34.6 Å². The summed E-state index contributed by atoms with van der Waals surface area (Å²) in [4.78, 5) is 2.38. The molecule has 1 atom stereocenters. The highest BCUT2D eigenvalue weighted by atomic mass is 35.5. The third kappa shape index (κ3) is 4.25. The summed E-state index contributed by atoms with van der Waals surface area (Å²) in [5.74, 6) is -0.349. The van der Waals surface area contributed by atoms with Crippen LogP contribution in [0.3, 0.4) is 0 Å². The number of piperazine rings is 1. The van der Waals surface area contributed by atoms with Crippen molar-refractivity contribution in [3.63, 3.8) is 0 Å². The van der Waals surface area contributed by atoms with Crippen LogP contribution in [-0.2, 0) is 0 Å². The van der Waals surface area contributed by atoms with Gasteiger partial charge in [0.2, 0.25) is 0 Å². The molecule has 0 bridgehead atoms. The van der Waals surface area contributed by atoms with Crippen LogP contribution in [0.25, 0.3) is 0 Å². The fraction of sp³-hybridized carbons (Fsp3) is 0.500. The number of hydrogen-bond acceptors (Lipinski definition) is 2. The SMILES string of the molecule is C[C@@H](c1ccc(F)c(Cl)c1)N1CCNCC1.Cl.Cl. The summed E-state index contributed by atoms with van der Waals surface area (Å²) in [5.41, 5.74) is 1.08. The average Bonchev–Trinajstić information content (AvgIpc) is 2.33. The molecule has 1 heterocycles. The maximum absolute atomic E-state index is 13.0. The number of hydrogen-bond donors (Lipinski definition) is 1. The fourth-order valence-corrected chi connectivity index (χ4v) is 2.24. The maximum atomic E-state index is 13.0. The van der Waals surface area contributed by atoms with Gasteiger partial charge in [0.15, 0.2) is 0 Å². The highest BCUT2D eigenvalue weighted by Crippen LogP contribution is 2.24. The lowest BCUT2D eigenvalue weighted by Gasteiger charge is -2.33. The Hall–Kier alpha value is -0.0600. The third-order valence-electron chi connectivity index (χ3n) is 3.13. The number of nitrogens with zero attached hydrogens (tertiary/aromatic N) is 1. The Morgan fingerprint density at radius 1 is 1.28 bits per heavy atom. The van der Waals surface area contributed by atoms with Crippen molar-refractivity contribution in [1.82, 2.24) is 10.2 Å². The zero-order valence-corrected chi connectivity index (χ0v) is 12.5. The number of nitrogens with one attached hydrogen (secondary N) is 1. The first-order valence-electron chi connectivity index (χ1n) is 5.58. The maximum Gasteiger partial charge on any atom is 0.141 e. The number of benzene rings is 1. The van der Waals surface area contributed by atoms with Crippen molar-refractivity contribution in [1.29, 1.82) is 0 Å². The molecule has 6 heteroatoms. The molecule has 1 aliphatic heterocycles. The molecule has 18 heavy (non-hydrogen) atoms. The zero-order valence-electron chi connectivity index (χ0n) is 10.2. The molecule has 1 aliphatic rings. The van der Waals surface area contributed by atoms with Gasteiger partial charge < -0.3 is 5.32 Å². The van der Waals surface area contributed by atoms with Crippen LogP contribution in [0.2, 0.25) is 5.02 Å². The Labute approximate surface area is 125 Å². The quantitative estimate of drug-likeness (QED) is 0.901. The van der Waals surface area contributed by atoms with Gasteiger partial charge >= 0.3 is 0 Å². The molecular formula is C12H18Cl3FN2. The molecule has 1 N–H and O–H groups in total. The Bertz CT molecular complexity index is 370. The van der Waals surface area contributed by atoms with Crippen LogP contribution < -0.4 is 5.32 Å². The average molecular weight is 316 g/mol. The van der Waals surface area contributed by atoms with E-state index in [2.05, 4.69) is 17.1 Å². The van der Waals surface area contributed by atoms with E-state index in [-0.39, 0.29) is 35.7 Å². The van der Waals surface area contributed by atoms with E-state index >= 15 is 0 Å². The molecule has 1 aromatic rings. The first-order chi connectivity index (χ1) is 7.68. The smallest absolute Gasteiger partial charge is 0.141 e. The van der Waals surface area contributed by atoms with Crippen LogP contribution >= 0.6 is 36.4 Å². The Balaban J connectivity index is 0.00000144. The molecule has 1 fully saturated rings. The minimum atomic E-state index is -0.349. The second-order valence-corrected chi connectivity index (χ2v) is 4.54. The summed E-state index contributed by atoms with van der Waals surface area (Å²) < 4.78 is 13.0. The van der Waals surface area contributed by atoms with Gasteiger partial charge in [0, 0.05) is 32.2 Å². The third-order valence-corrected chi connectivity index (χ3v) is 3.42. The van der Waals surface area contributed by atoms with Crippen molar-refractivity contribution in [2.45, 2.75) is 13.0 Å². The molecule has 0 amide bonds. The van der Waals surface area contributed by atoms with Gasteiger partial charge in [-0.1, -0.05) is 17.7 Å². The molecule has 2 rings (SSSR count). The van der Waals surface area contributed by atoms with Gasteiger partial charge in [-0.25, -0.2) is 4.39 Å². The van der Waals surface area contributed by atoms with Crippen LogP contribution in [0.1, 0.15) is 18.5 Å². The molecule has 0 aliphatic carbocycles. The van der Waals surface area contributed by atoms with Crippen molar-refractivity contribution < 1.29 is 4.39 Å². The van der Waals surface area contributed by atoms with Crippen LogP contribution in [-0.4, -0.2) is 31.1 Å². The van der Waals surface area contributed by atoms with E-state index in [1.807, 2.05) is 6.07 Å². The normalized spacial score (nSPS) is 17.5. The second kappa shape index (κ2) is 8.18. The summed E-state index contributed by atoms with van der Waals surface area (Å²) in [6.07, 6.45) is 0. The molecular weight excluding hydrogens is 298 g/mol. The van der Waals surface area contributed by atoms with E-state index in [1.165, 1.54) is 6.07 Å². The highest BCUT2D eigenvalue weighted by Gasteiger charge is 2.18. The number of rotatable bonds is 2. The first-order valence-corrected chi connectivity index (χ1v) is 5.96. The summed E-state index contributed by atoms with van der Waals surface area (Å²) in [5, 5.41) is 3.52. The zero-order chi connectivity index (χ0) is 11.5. The predicted molar refractivity (Wildman–Crippen MR) is 78.8 cm³/mol.